The minimum Gasteiger partial charge on any atom is -0.0820 e. The van der Waals surface area contributed by atoms with Crippen LogP contribution in [0, 0.1) is 0 Å². The van der Waals surface area contributed by atoms with E-state index in [4.69, 9.17) is 0 Å². The molecule has 5 aromatic carbocycles. The van der Waals surface area contributed by atoms with Crippen LogP contribution in [0.5, 0.6) is 0 Å². The van der Waals surface area contributed by atoms with Gasteiger partial charge in [-0.2, -0.15) is 0 Å². The lowest BCUT2D eigenvalue weighted by Crippen LogP contribution is -1.88. The van der Waals surface area contributed by atoms with Crippen molar-refractivity contribution in [2.75, 3.05) is 0 Å². The maximum Gasteiger partial charge on any atom is 0.0505 e. The van der Waals surface area contributed by atoms with Crippen LogP contribution in [0.1, 0.15) is 5.56 Å². The summed E-state index contributed by atoms with van der Waals surface area (Å²) in [6.07, 6.45) is 2.30. The molecule has 0 saturated heterocycles. The molecule has 1 aliphatic rings. The van der Waals surface area contributed by atoms with Crippen LogP contribution in [-0.4, -0.2) is 0 Å². The Kier molecular flexibility index (Phi) is 4.40. The first kappa shape index (κ1) is 17.9. The van der Waals surface area contributed by atoms with Crippen molar-refractivity contribution >= 4 is 51.1 Å². The third-order valence-corrected chi connectivity index (χ3v) is 7.80. The topological polar surface area (TPSA) is 0 Å². The molecule has 142 valence electrons. The van der Waals surface area contributed by atoms with Gasteiger partial charge in [-0.25, -0.2) is 0 Å². The number of hydrogen-bond acceptors (Lipinski definition) is 2. The molecule has 0 N–H and O–H groups in total. The lowest BCUT2D eigenvalue weighted by molar-refractivity contribution is 1.44. The minimum absolute atomic E-state index is 1.24. The van der Waals surface area contributed by atoms with Gasteiger partial charge in [0.25, 0.3) is 0 Å². The van der Waals surface area contributed by atoms with E-state index >= 15 is 0 Å². The zero-order valence-corrected chi connectivity index (χ0v) is 17.8. The normalized spacial score (nSPS) is 13.0. The third-order valence-electron chi connectivity index (χ3n) is 5.54. The zero-order chi connectivity index (χ0) is 19.9. The fourth-order valence-electron chi connectivity index (χ4n) is 4.17. The molecule has 0 radical (unpaired) electrons. The van der Waals surface area contributed by atoms with Crippen LogP contribution >= 0.6 is 23.5 Å². The molecular weight excluding hydrogens is 400 g/mol. The van der Waals surface area contributed by atoms with E-state index < -0.39 is 0 Å². The van der Waals surface area contributed by atoms with Gasteiger partial charge in [0, 0.05) is 20.9 Å². The van der Waals surface area contributed by atoms with Crippen LogP contribution in [0.15, 0.2) is 117 Å². The van der Waals surface area contributed by atoms with E-state index in [9.17, 15) is 0 Å². The van der Waals surface area contributed by atoms with E-state index in [-0.39, 0.29) is 0 Å². The molecule has 1 aliphatic heterocycles. The molecule has 0 fully saturated rings. The average molecular weight is 419 g/mol. The monoisotopic (exact) mass is 418 g/mol. The summed E-state index contributed by atoms with van der Waals surface area (Å²) in [6, 6.07) is 37.2. The molecule has 0 unspecified atom stereocenters. The smallest absolute Gasteiger partial charge is 0.0505 e. The van der Waals surface area contributed by atoms with E-state index in [2.05, 4.69) is 109 Å². The minimum atomic E-state index is 1.24. The Morgan fingerprint density at radius 2 is 0.967 bits per heavy atom. The van der Waals surface area contributed by atoms with Gasteiger partial charge in [-0.15, -0.1) is 0 Å². The SMILES string of the molecule is C(=C1Sc2ccc3ccccc3c2-c2c(ccc3ccccc23)S1)c1ccccc1. The Labute approximate surface area is 184 Å². The summed E-state index contributed by atoms with van der Waals surface area (Å²) < 4.78 is 1.30. The van der Waals surface area contributed by atoms with E-state index in [1.807, 2.05) is 23.5 Å². The van der Waals surface area contributed by atoms with E-state index in [0.717, 1.165) is 0 Å². The summed E-state index contributed by atoms with van der Waals surface area (Å²) in [5.74, 6) is 0. The lowest BCUT2D eigenvalue weighted by atomic mass is 9.94. The molecule has 2 heteroatoms. The maximum absolute atomic E-state index is 2.30. The zero-order valence-electron chi connectivity index (χ0n) is 16.2. The fourth-order valence-corrected chi connectivity index (χ4v) is 6.60. The van der Waals surface area contributed by atoms with Crippen molar-refractivity contribution < 1.29 is 0 Å². The highest BCUT2D eigenvalue weighted by atomic mass is 32.2. The van der Waals surface area contributed by atoms with Crippen LogP contribution in [-0.2, 0) is 0 Å². The highest BCUT2D eigenvalue weighted by molar-refractivity contribution is 8.22. The van der Waals surface area contributed by atoms with Crippen molar-refractivity contribution in [3.8, 4) is 11.1 Å². The Balaban J connectivity index is 1.69. The molecule has 6 rings (SSSR count). The van der Waals surface area contributed by atoms with E-state index in [1.165, 1.54) is 52.3 Å². The quantitative estimate of drug-likeness (QED) is 0.267. The maximum atomic E-state index is 2.30. The van der Waals surface area contributed by atoms with Gasteiger partial charge >= 0.3 is 0 Å². The number of rotatable bonds is 1. The molecule has 0 atom stereocenters. The molecule has 30 heavy (non-hydrogen) atoms. The molecule has 0 aromatic heterocycles. The molecule has 0 aliphatic carbocycles. The van der Waals surface area contributed by atoms with Gasteiger partial charge in [-0.3, -0.25) is 0 Å². The average Bonchev–Trinajstić information content (AvgIpc) is 2.96. The number of hydrogen-bond donors (Lipinski definition) is 0. The number of benzene rings is 5. The van der Waals surface area contributed by atoms with Crippen molar-refractivity contribution in [1.82, 2.24) is 0 Å². The lowest BCUT2D eigenvalue weighted by Gasteiger charge is -2.14. The fraction of sp³-hybridized carbons (Fsp3) is 0. The highest BCUT2D eigenvalue weighted by Gasteiger charge is 2.22. The predicted octanol–water partition coefficient (Wildman–Crippen LogP) is 8.86. The second-order valence-corrected chi connectivity index (χ2v) is 9.82. The summed E-state index contributed by atoms with van der Waals surface area (Å²) >= 11 is 3.75. The van der Waals surface area contributed by atoms with Crippen LogP contribution < -0.4 is 0 Å². The van der Waals surface area contributed by atoms with Crippen LogP contribution in [0.25, 0.3) is 38.7 Å². The Morgan fingerprint density at radius 3 is 1.53 bits per heavy atom. The first-order chi connectivity index (χ1) is 14.9. The Hall–Kier alpha value is -2.94. The molecular formula is C28H18S2. The molecule has 0 amide bonds. The summed E-state index contributed by atoms with van der Waals surface area (Å²) in [5, 5.41) is 5.22. The standard InChI is InChI=1S/C28H18S2/c1-2-8-19(9-3-1)18-26-29-24-16-14-20-10-4-6-12-22(20)27(24)28-23-13-7-5-11-21(23)15-17-25(28)30-26/h1-18H. The van der Waals surface area contributed by atoms with Crippen molar-refractivity contribution in [3.05, 3.63) is 113 Å². The Morgan fingerprint density at radius 1 is 0.467 bits per heavy atom. The predicted molar refractivity (Wildman–Crippen MR) is 133 cm³/mol. The van der Waals surface area contributed by atoms with Gasteiger partial charge in [0.1, 0.15) is 0 Å². The number of fused-ring (bicyclic) bond motifs is 7. The second-order valence-electron chi connectivity index (χ2n) is 7.40. The van der Waals surface area contributed by atoms with Crippen LogP contribution in [0.4, 0.5) is 0 Å². The van der Waals surface area contributed by atoms with Gasteiger partial charge < -0.3 is 0 Å². The second kappa shape index (κ2) is 7.39. The Bertz CT molecular complexity index is 1340. The van der Waals surface area contributed by atoms with Gasteiger partial charge in [0.05, 0.1) is 4.24 Å². The first-order valence-electron chi connectivity index (χ1n) is 10.0. The van der Waals surface area contributed by atoms with Crippen LogP contribution in [0.3, 0.4) is 0 Å². The van der Waals surface area contributed by atoms with Gasteiger partial charge in [-0.05, 0) is 45.3 Å². The molecule has 0 nitrogen and oxygen atoms in total. The molecule has 0 saturated carbocycles. The van der Waals surface area contributed by atoms with Crippen molar-refractivity contribution in [1.29, 1.82) is 0 Å². The molecule has 5 aromatic rings. The summed E-state index contributed by atoms with van der Waals surface area (Å²) in [7, 11) is 0. The van der Waals surface area contributed by atoms with Crippen LogP contribution in [0.2, 0.25) is 0 Å². The van der Waals surface area contributed by atoms with Gasteiger partial charge in [0.15, 0.2) is 0 Å². The number of thioether (sulfide) groups is 2. The molecule has 1 heterocycles. The largest absolute Gasteiger partial charge is 0.0820 e. The summed E-state index contributed by atoms with van der Waals surface area (Å²) in [6.45, 7) is 0. The van der Waals surface area contributed by atoms with Gasteiger partial charge in [0.2, 0.25) is 0 Å². The van der Waals surface area contributed by atoms with Crippen molar-refractivity contribution in [2.24, 2.45) is 0 Å². The third kappa shape index (κ3) is 3.04. The summed E-state index contributed by atoms with van der Waals surface area (Å²) in [5.41, 5.74) is 3.95. The van der Waals surface area contributed by atoms with E-state index in [1.54, 1.807) is 0 Å². The van der Waals surface area contributed by atoms with Crippen molar-refractivity contribution in [2.45, 2.75) is 9.79 Å². The molecule has 0 bridgehead atoms. The van der Waals surface area contributed by atoms with Gasteiger partial charge in [-0.1, -0.05) is 115 Å². The molecule has 0 spiro atoms. The van der Waals surface area contributed by atoms with Crippen molar-refractivity contribution in [3.63, 3.8) is 0 Å². The highest BCUT2D eigenvalue weighted by Crippen LogP contribution is 2.54. The first-order valence-corrected chi connectivity index (χ1v) is 11.7. The van der Waals surface area contributed by atoms with E-state index in [0.29, 0.717) is 0 Å². The summed E-state index contributed by atoms with van der Waals surface area (Å²) in [4.78, 5) is 2.64.